The first kappa shape index (κ1) is 13.4. The minimum Gasteiger partial charge on any atom is -0.294 e. The van der Waals surface area contributed by atoms with Gasteiger partial charge in [-0.2, -0.15) is 0 Å². The fourth-order valence-electron chi connectivity index (χ4n) is 1.74. The number of nitrogens with zero attached hydrogens (tertiary/aromatic N) is 1. The SMILES string of the molecule is NNC(=O)CCS(=O)(=O)N1CCCCCC1. The Bertz CT molecular complexity index is 321. The van der Waals surface area contributed by atoms with Gasteiger partial charge in [0.1, 0.15) is 0 Å². The van der Waals surface area contributed by atoms with Crippen LogP contribution in [-0.4, -0.2) is 37.5 Å². The summed E-state index contributed by atoms with van der Waals surface area (Å²) in [6.07, 6.45) is 3.89. The van der Waals surface area contributed by atoms with Crippen LogP contribution >= 0.6 is 0 Å². The third-order valence-electron chi connectivity index (χ3n) is 2.71. The van der Waals surface area contributed by atoms with Crippen LogP contribution in [0.15, 0.2) is 0 Å². The van der Waals surface area contributed by atoms with Crippen LogP contribution in [-0.2, 0) is 14.8 Å². The summed E-state index contributed by atoms with van der Waals surface area (Å²) in [7, 11) is -3.29. The lowest BCUT2D eigenvalue weighted by atomic mass is 10.2. The summed E-state index contributed by atoms with van der Waals surface area (Å²) in [6, 6.07) is 0. The van der Waals surface area contributed by atoms with Crippen LogP contribution in [0.4, 0.5) is 0 Å². The highest BCUT2D eigenvalue weighted by Crippen LogP contribution is 2.14. The molecule has 0 aromatic heterocycles. The van der Waals surface area contributed by atoms with Crippen LogP contribution in [0.1, 0.15) is 32.1 Å². The first-order valence-electron chi connectivity index (χ1n) is 5.53. The second-order valence-electron chi connectivity index (χ2n) is 3.95. The van der Waals surface area contributed by atoms with E-state index in [-0.39, 0.29) is 12.2 Å². The second kappa shape index (κ2) is 6.17. The van der Waals surface area contributed by atoms with Crippen molar-refractivity contribution < 1.29 is 13.2 Å². The molecule has 1 aliphatic rings. The summed E-state index contributed by atoms with van der Waals surface area (Å²) in [5.41, 5.74) is 1.93. The van der Waals surface area contributed by atoms with Crippen LogP contribution in [0.3, 0.4) is 0 Å². The van der Waals surface area contributed by atoms with Gasteiger partial charge in [0.05, 0.1) is 5.75 Å². The van der Waals surface area contributed by atoms with E-state index in [2.05, 4.69) is 0 Å². The molecule has 0 unspecified atom stereocenters. The molecule has 16 heavy (non-hydrogen) atoms. The van der Waals surface area contributed by atoms with Crippen molar-refractivity contribution in [3.05, 3.63) is 0 Å². The molecule has 0 saturated carbocycles. The average Bonchev–Trinajstić information content (AvgIpc) is 2.54. The molecule has 0 radical (unpaired) electrons. The summed E-state index contributed by atoms with van der Waals surface area (Å²) in [5.74, 6) is 4.29. The lowest BCUT2D eigenvalue weighted by molar-refractivity contribution is -0.120. The zero-order chi connectivity index (χ0) is 12.0. The third-order valence-corrected chi connectivity index (χ3v) is 4.58. The maximum atomic E-state index is 11.9. The molecule has 0 aromatic carbocycles. The van der Waals surface area contributed by atoms with Gasteiger partial charge >= 0.3 is 0 Å². The highest BCUT2D eigenvalue weighted by molar-refractivity contribution is 7.89. The van der Waals surface area contributed by atoms with Gasteiger partial charge in [-0.05, 0) is 12.8 Å². The number of rotatable bonds is 4. The molecule has 0 aliphatic carbocycles. The van der Waals surface area contributed by atoms with E-state index < -0.39 is 15.9 Å². The van der Waals surface area contributed by atoms with Crippen LogP contribution in [0, 0.1) is 0 Å². The standard InChI is InChI=1S/C9H19N3O3S/c10-11-9(13)5-8-16(14,15)12-6-3-1-2-4-7-12/h1-8,10H2,(H,11,13). The van der Waals surface area contributed by atoms with E-state index in [1.807, 2.05) is 5.43 Å². The van der Waals surface area contributed by atoms with E-state index in [1.54, 1.807) is 0 Å². The number of sulfonamides is 1. The molecule has 94 valence electrons. The highest BCUT2D eigenvalue weighted by Gasteiger charge is 2.23. The topological polar surface area (TPSA) is 92.5 Å². The minimum absolute atomic E-state index is 0.0741. The van der Waals surface area contributed by atoms with Gasteiger partial charge in [0, 0.05) is 19.5 Å². The summed E-state index contributed by atoms with van der Waals surface area (Å²) >= 11 is 0. The quantitative estimate of drug-likeness (QED) is 0.402. The number of carbonyl (C=O) groups is 1. The van der Waals surface area contributed by atoms with Gasteiger partial charge < -0.3 is 0 Å². The summed E-state index contributed by atoms with van der Waals surface area (Å²) in [4.78, 5) is 10.9. The molecule has 6 nitrogen and oxygen atoms in total. The highest BCUT2D eigenvalue weighted by atomic mass is 32.2. The Morgan fingerprint density at radius 1 is 1.19 bits per heavy atom. The van der Waals surface area contributed by atoms with Crippen molar-refractivity contribution in [2.75, 3.05) is 18.8 Å². The second-order valence-corrected chi connectivity index (χ2v) is 6.04. The van der Waals surface area contributed by atoms with Crippen molar-refractivity contribution in [3.8, 4) is 0 Å². The zero-order valence-electron chi connectivity index (χ0n) is 9.31. The summed E-state index contributed by atoms with van der Waals surface area (Å²) in [6.45, 7) is 1.15. The molecule has 1 fully saturated rings. The van der Waals surface area contributed by atoms with Gasteiger partial charge in [-0.3, -0.25) is 10.2 Å². The van der Waals surface area contributed by atoms with Gasteiger partial charge in [0.2, 0.25) is 15.9 Å². The fourth-order valence-corrected chi connectivity index (χ4v) is 3.26. The maximum absolute atomic E-state index is 11.9. The van der Waals surface area contributed by atoms with Crippen molar-refractivity contribution in [1.82, 2.24) is 9.73 Å². The van der Waals surface area contributed by atoms with E-state index in [0.717, 1.165) is 25.7 Å². The number of hydrazine groups is 1. The van der Waals surface area contributed by atoms with Crippen LogP contribution < -0.4 is 11.3 Å². The molecule has 1 aliphatic heterocycles. The molecule has 0 aromatic rings. The molecular weight excluding hydrogens is 230 g/mol. The third kappa shape index (κ3) is 4.07. The molecule has 1 amide bonds. The Labute approximate surface area is 96.2 Å². The number of carbonyl (C=O) groups excluding carboxylic acids is 1. The van der Waals surface area contributed by atoms with Crippen molar-refractivity contribution in [3.63, 3.8) is 0 Å². The van der Waals surface area contributed by atoms with E-state index in [1.165, 1.54) is 4.31 Å². The van der Waals surface area contributed by atoms with Gasteiger partial charge in [0.25, 0.3) is 0 Å². The monoisotopic (exact) mass is 249 g/mol. The first-order valence-corrected chi connectivity index (χ1v) is 7.14. The number of nitrogens with one attached hydrogen (secondary N) is 1. The predicted octanol–water partition coefficient (Wildman–Crippen LogP) is -0.428. The Morgan fingerprint density at radius 3 is 2.25 bits per heavy atom. The Morgan fingerprint density at radius 2 is 1.75 bits per heavy atom. The van der Waals surface area contributed by atoms with Crippen LogP contribution in [0.2, 0.25) is 0 Å². The Balaban J connectivity index is 2.51. The molecular formula is C9H19N3O3S. The van der Waals surface area contributed by atoms with E-state index in [0.29, 0.717) is 13.1 Å². The molecule has 0 spiro atoms. The fraction of sp³-hybridized carbons (Fsp3) is 0.889. The average molecular weight is 249 g/mol. The molecule has 0 bridgehead atoms. The predicted molar refractivity (Wildman–Crippen MR) is 60.8 cm³/mol. The van der Waals surface area contributed by atoms with Gasteiger partial charge in [0.15, 0.2) is 0 Å². The molecule has 1 saturated heterocycles. The van der Waals surface area contributed by atoms with Gasteiger partial charge in [-0.25, -0.2) is 18.6 Å². The van der Waals surface area contributed by atoms with Crippen LogP contribution in [0.5, 0.6) is 0 Å². The Kier molecular flexibility index (Phi) is 5.17. The smallest absolute Gasteiger partial charge is 0.234 e. The van der Waals surface area contributed by atoms with Crippen molar-refractivity contribution in [2.24, 2.45) is 5.84 Å². The number of amides is 1. The molecule has 1 rings (SSSR count). The van der Waals surface area contributed by atoms with Crippen molar-refractivity contribution in [2.45, 2.75) is 32.1 Å². The first-order chi connectivity index (χ1) is 7.56. The Hall–Kier alpha value is -0.660. The summed E-state index contributed by atoms with van der Waals surface area (Å²) < 4.78 is 25.2. The van der Waals surface area contributed by atoms with Crippen LogP contribution in [0.25, 0.3) is 0 Å². The number of hydrogen-bond donors (Lipinski definition) is 2. The molecule has 7 heteroatoms. The van der Waals surface area contributed by atoms with Gasteiger partial charge in [-0.1, -0.05) is 12.8 Å². The summed E-state index contributed by atoms with van der Waals surface area (Å²) in [5, 5.41) is 0. The number of nitrogens with two attached hydrogens (primary N) is 1. The lowest BCUT2D eigenvalue weighted by Crippen LogP contribution is -2.37. The zero-order valence-corrected chi connectivity index (χ0v) is 10.1. The number of hydrogen-bond acceptors (Lipinski definition) is 4. The van der Waals surface area contributed by atoms with E-state index >= 15 is 0 Å². The largest absolute Gasteiger partial charge is 0.294 e. The normalized spacial score (nSPS) is 19.1. The van der Waals surface area contributed by atoms with E-state index in [9.17, 15) is 13.2 Å². The molecule has 0 atom stereocenters. The molecule has 1 heterocycles. The minimum atomic E-state index is -3.29. The molecule has 3 N–H and O–H groups in total. The van der Waals surface area contributed by atoms with E-state index in [4.69, 9.17) is 5.84 Å². The van der Waals surface area contributed by atoms with Crippen molar-refractivity contribution >= 4 is 15.9 Å². The van der Waals surface area contributed by atoms with Crippen molar-refractivity contribution in [1.29, 1.82) is 0 Å². The van der Waals surface area contributed by atoms with Gasteiger partial charge in [-0.15, -0.1) is 0 Å². The maximum Gasteiger partial charge on any atom is 0.234 e. The lowest BCUT2D eigenvalue weighted by Gasteiger charge is -2.19.